The van der Waals surface area contributed by atoms with E-state index in [2.05, 4.69) is 4.98 Å². The maximum Gasteiger partial charge on any atom is 0.246 e. The van der Waals surface area contributed by atoms with Crippen LogP contribution >= 0.6 is 0 Å². The molecule has 2 aromatic rings. The van der Waals surface area contributed by atoms with E-state index < -0.39 is 15.8 Å². The van der Waals surface area contributed by atoms with Crippen LogP contribution in [-0.2, 0) is 21.3 Å². The minimum Gasteiger partial charge on any atom is -0.377 e. The fourth-order valence-corrected chi connectivity index (χ4v) is 4.48. The van der Waals surface area contributed by atoms with E-state index in [0.29, 0.717) is 17.9 Å². The molecule has 134 valence electrons. The van der Waals surface area contributed by atoms with Crippen LogP contribution in [0.1, 0.15) is 24.1 Å². The molecule has 1 saturated heterocycles. The second-order valence-electron chi connectivity index (χ2n) is 6.19. The highest BCUT2D eigenvalue weighted by Gasteiger charge is 2.31. The summed E-state index contributed by atoms with van der Waals surface area (Å²) in [6.07, 6.45) is 3.14. The van der Waals surface area contributed by atoms with Gasteiger partial charge in [-0.25, -0.2) is 12.8 Å². The van der Waals surface area contributed by atoms with Gasteiger partial charge in [0.25, 0.3) is 0 Å². The van der Waals surface area contributed by atoms with Gasteiger partial charge in [0.1, 0.15) is 10.7 Å². The summed E-state index contributed by atoms with van der Waals surface area (Å²) in [7, 11) is -4.00. The minimum absolute atomic E-state index is 0.0798. The second kappa shape index (κ2) is 7.59. The molecule has 1 unspecified atom stereocenters. The standard InChI is InChI=1S/C18H21FN2O3S/c1-14-7-8-17(19)18(11-14)25(22,23)21(13-16-6-4-10-24-16)12-15-5-2-3-9-20-15/h2-3,5,7-9,11,16H,4,6,10,12-13H2,1H3. The lowest BCUT2D eigenvalue weighted by atomic mass is 10.2. The predicted octanol–water partition coefficient (Wildman–Crippen LogP) is 2.90. The third-order valence-electron chi connectivity index (χ3n) is 4.20. The molecule has 3 rings (SSSR count). The molecule has 2 heterocycles. The molecule has 0 spiro atoms. The van der Waals surface area contributed by atoms with Gasteiger partial charge in [0, 0.05) is 19.3 Å². The van der Waals surface area contributed by atoms with Gasteiger partial charge >= 0.3 is 0 Å². The molecule has 1 atom stereocenters. The highest BCUT2D eigenvalue weighted by atomic mass is 32.2. The summed E-state index contributed by atoms with van der Waals surface area (Å²) in [5.41, 5.74) is 1.30. The first-order valence-electron chi connectivity index (χ1n) is 8.24. The Balaban J connectivity index is 1.95. The fraction of sp³-hybridized carbons (Fsp3) is 0.389. The molecular formula is C18H21FN2O3S. The number of pyridine rings is 1. The quantitative estimate of drug-likeness (QED) is 0.791. The van der Waals surface area contributed by atoms with Crippen molar-refractivity contribution in [2.45, 2.75) is 37.3 Å². The molecule has 0 amide bonds. The first-order valence-corrected chi connectivity index (χ1v) is 9.68. The summed E-state index contributed by atoms with van der Waals surface area (Å²) in [4.78, 5) is 3.90. The van der Waals surface area contributed by atoms with E-state index >= 15 is 0 Å². The van der Waals surface area contributed by atoms with Gasteiger partial charge in [0.2, 0.25) is 10.0 Å². The summed E-state index contributed by atoms with van der Waals surface area (Å²) in [6.45, 7) is 2.63. The minimum atomic E-state index is -4.00. The maximum atomic E-state index is 14.2. The van der Waals surface area contributed by atoms with Gasteiger partial charge in [0.15, 0.2) is 0 Å². The number of rotatable bonds is 6. The van der Waals surface area contributed by atoms with Crippen LogP contribution < -0.4 is 0 Å². The number of aromatic nitrogens is 1. The van der Waals surface area contributed by atoms with Crippen LogP contribution in [0.4, 0.5) is 4.39 Å². The maximum absolute atomic E-state index is 14.2. The van der Waals surface area contributed by atoms with E-state index in [9.17, 15) is 12.8 Å². The molecule has 0 N–H and O–H groups in total. The smallest absolute Gasteiger partial charge is 0.246 e. The Bertz CT molecular complexity index is 821. The monoisotopic (exact) mass is 364 g/mol. The second-order valence-corrected chi connectivity index (χ2v) is 8.09. The average molecular weight is 364 g/mol. The third kappa shape index (κ3) is 4.23. The van der Waals surface area contributed by atoms with Crippen LogP contribution in [0, 0.1) is 12.7 Å². The zero-order valence-electron chi connectivity index (χ0n) is 14.1. The number of halogens is 1. The Hall–Kier alpha value is -1.83. The first-order chi connectivity index (χ1) is 12.0. The van der Waals surface area contributed by atoms with Gasteiger partial charge in [-0.15, -0.1) is 0 Å². The number of hydrogen-bond acceptors (Lipinski definition) is 4. The van der Waals surface area contributed by atoms with Crippen molar-refractivity contribution in [3.05, 3.63) is 59.7 Å². The Labute approximate surface area is 147 Å². The van der Waals surface area contributed by atoms with Crippen molar-refractivity contribution in [2.75, 3.05) is 13.2 Å². The summed E-state index contributed by atoms with van der Waals surface area (Å²) < 4.78 is 47.3. The van der Waals surface area contributed by atoms with Crippen LogP contribution in [0.25, 0.3) is 0 Å². The number of aryl methyl sites for hydroxylation is 1. The van der Waals surface area contributed by atoms with E-state index in [0.717, 1.165) is 12.8 Å². The number of sulfonamides is 1. The topological polar surface area (TPSA) is 59.5 Å². The molecule has 0 radical (unpaired) electrons. The Morgan fingerprint density at radius 1 is 1.32 bits per heavy atom. The number of benzene rings is 1. The van der Waals surface area contributed by atoms with Crippen molar-refractivity contribution in [2.24, 2.45) is 0 Å². The molecular weight excluding hydrogens is 343 g/mol. The van der Waals surface area contributed by atoms with Gasteiger partial charge in [0.05, 0.1) is 18.3 Å². The lowest BCUT2D eigenvalue weighted by Crippen LogP contribution is -2.37. The SMILES string of the molecule is Cc1ccc(F)c(S(=O)(=O)N(Cc2ccccn2)CC2CCCO2)c1. The summed E-state index contributed by atoms with van der Waals surface area (Å²) in [6, 6.07) is 9.43. The van der Waals surface area contributed by atoms with Crippen LogP contribution in [-0.4, -0.2) is 37.0 Å². The zero-order valence-corrected chi connectivity index (χ0v) is 14.9. The normalized spacial score (nSPS) is 18.0. The van der Waals surface area contributed by atoms with Gasteiger partial charge in [-0.2, -0.15) is 4.31 Å². The number of nitrogens with zero attached hydrogens (tertiary/aromatic N) is 2. The predicted molar refractivity (Wildman–Crippen MR) is 91.9 cm³/mol. The van der Waals surface area contributed by atoms with Crippen LogP contribution in [0.5, 0.6) is 0 Å². The molecule has 0 aliphatic carbocycles. The highest BCUT2D eigenvalue weighted by Crippen LogP contribution is 2.24. The zero-order chi connectivity index (χ0) is 17.9. The lowest BCUT2D eigenvalue weighted by Gasteiger charge is -2.25. The largest absolute Gasteiger partial charge is 0.377 e. The molecule has 1 aliphatic heterocycles. The summed E-state index contributed by atoms with van der Waals surface area (Å²) in [5, 5.41) is 0. The van der Waals surface area contributed by atoms with Crippen molar-refractivity contribution in [3.8, 4) is 0 Å². The number of ether oxygens (including phenoxy) is 1. The number of hydrogen-bond donors (Lipinski definition) is 0. The Morgan fingerprint density at radius 2 is 2.16 bits per heavy atom. The van der Waals surface area contributed by atoms with Crippen molar-refractivity contribution >= 4 is 10.0 Å². The summed E-state index contributed by atoms with van der Waals surface area (Å²) >= 11 is 0. The van der Waals surface area contributed by atoms with E-state index in [1.54, 1.807) is 37.4 Å². The summed E-state index contributed by atoms with van der Waals surface area (Å²) in [5.74, 6) is -0.746. The van der Waals surface area contributed by atoms with Crippen LogP contribution in [0.15, 0.2) is 47.5 Å². The Morgan fingerprint density at radius 3 is 2.84 bits per heavy atom. The molecule has 1 fully saturated rings. The van der Waals surface area contributed by atoms with Crippen molar-refractivity contribution < 1.29 is 17.5 Å². The lowest BCUT2D eigenvalue weighted by molar-refractivity contribution is 0.0923. The molecule has 7 heteroatoms. The van der Waals surface area contributed by atoms with E-state index in [-0.39, 0.29) is 24.1 Å². The molecule has 1 aliphatic rings. The van der Waals surface area contributed by atoms with Gasteiger partial charge < -0.3 is 4.74 Å². The van der Waals surface area contributed by atoms with E-state index in [4.69, 9.17) is 4.74 Å². The van der Waals surface area contributed by atoms with Crippen LogP contribution in [0.3, 0.4) is 0 Å². The third-order valence-corrected chi connectivity index (χ3v) is 6.03. The fourth-order valence-electron chi connectivity index (χ4n) is 2.88. The first kappa shape index (κ1) is 18.0. The molecule has 1 aromatic heterocycles. The molecule has 0 saturated carbocycles. The van der Waals surface area contributed by atoms with Crippen molar-refractivity contribution in [1.29, 1.82) is 0 Å². The molecule has 5 nitrogen and oxygen atoms in total. The molecule has 1 aromatic carbocycles. The van der Waals surface area contributed by atoms with Gasteiger partial charge in [-0.1, -0.05) is 12.1 Å². The van der Waals surface area contributed by atoms with Crippen molar-refractivity contribution in [3.63, 3.8) is 0 Å². The molecule has 0 bridgehead atoms. The van der Waals surface area contributed by atoms with Crippen LogP contribution in [0.2, 0.25) is 0 Å². The highest BCUT2D eigenvalue weighted by molar-refractivity contribution is 7.89. The Kier molecular flexibility index (Phi) is 5.46. The van der Waals surface area contributed by atoms with Gasteiger partial charge in [-0.3, -0.25) is 4.98 Å². The van der Waals surface area contributed by atoms with Gasteiger partial charge in [-0.05, 0) is 49.6 Å². The van der Waals surface area contributed by atoms with E-state index in [1.165, 1.54) is 16.4 Å². The average Bonchev–Trinajstić information content (AvgIpc) is 3.10. The van der Waals surface area contributed by atoms with Crippen molar-refractivity contribution in [1.82, 2.24) is 9.29 Å². The molecule has 25 heavy (non-hydrogen) atoms. The van der Waals surface area contributed by atoms with E-state index in [1.807, 2.05) is 0 Å².